The van der Waals surface area contributed by atoms with Crippen LogP contribution in [0.25, 0.3) is 11.5 Å². The van der Waals surface area contributed by atoms with Gasteiger partial charge in [-0.05, 0) is 6.54 Å². The maximum Gasteiger partial charge on any atom is 0.177 e. The second kappa shape index (κ2) is 4.71. The van der Waals surface area contributed by atoms with Crippen molar-refractivity contribution in [2.75, 3.05) is 6.54 Å². The molecule has 0 unspecified atom stereocenters. The highest BCUT2D eigenvalue weighted by atomic mass is 32.1. The summed E-state index contributed by atoms with van der Waals surface area (Å²) in [5.41, 5.74) is 6.39. The number of aromatic nitrogens is 4. The van der Waals surface area contributed by atoms with Crippen molar-refractivity contribution in [1.82, 2.24) is 19.7 Å². The van der Waals surface area contributed by atoms with Crippen molar-refractivity contribution in [1.29, 1.82) is 0 Å². The molecule has 0 aromatic carbocycles. The summed E-state index contributed by atoms with van der Waals surface area (Å²) in [6.45, 7) is 2.67. The Morgan fingerprint density at radius 3 is 2.88 bits per heavy atom. The minimum atomic E-state index is 0.631. The van der Waals surface area contributed by atoms with E-state index in [1.54, 1.807) is 16.0 Å². The van der Waals surface area contributed by atoms with Crippen LogP contribution in [0.5, 0.6) is 0 Å². The summed E-state index contributed by atoms with van der Waals surface area (Å²) in [5, 5.41) is 7.37. The molecule has 6 heteroatoms. The molecule has 0 amide bonds. The van der Waals surface area contributed by atoms with Crippen molar-refractivity contribution < 1.29 is 0 Å². The topological polar surface area (TPSA) is 69.6 Å². The number of aryl methyl sites for hydroxylation is 2. The predicted octanol–water partition coefficient (Wildman–Crippen LogP) is 1.00. The highest BCUT2D eigenvalue weighted by Gasteiger charge is 2.11. The quantitative estimate of drug-likeness (QED) is 0.861. The number of rotatable bonds is 4. The number of hydrogen-bond acceptors (Lipinski definition) is 5. The van der Waals surface area contributed by atoms with Gasteiger partial charge in [-0.15, -0.1) is 11.3 Å². The predicted molar refractivity (Wildman–Crippen MR) is 64.2 cm³/mol. The van der Waals surface area contributed by atoms with Crippen LogP contribution in [0, 0.1) is 0 Å². The molecule has 0 aliphatic rings. The molecule has 0 aliphatic heterocycles. The SMILES string of the molecule is CCc1nc(-c2csc(CCN)n2)n(C)n1. The Balaban J connectivity index is 2.30. The summed E-state index contributed by atoms with van der Waals surface area (Å²) in [6.07, 6.45) is 1.66. The Morgan fingerprint density at radius 2 is 2.25 bits per heavy atom. The van der Waals surface area contributed by atoms with Crippen LogP contribution in [0.1, 0.15) is 17.8 Å². The number of nitrogens with zero attached hydrogens (tertiary/aromatic N) is 4. The van der Waals surface area contributed by atoms with Crippen LogP contribution >= 0.6 is 11.3 Å². The summed E-state index contributed by atoms with van der Waals surface area (Å²) in [7, 11) is 1.89. The lowest BCUT2D eigenvalue weighted by atomic mass is 10.4. The minimum Gasteiger partial charge on any atom is -0.330 e. The molecule has 2 N–H and O–H groups in total. The number of hydrogen-bond donors (Lipinski definition) is 1. The van der Waals surface area contributed by atoms with Crippen LogP contribution in [0.2, 0.25) is 0 Å². The maximum atomic E-state index is 5.50. The van der Waals surface area contributed by atoms with Gasteiger partial charge < -0.3 is 5.73 Å². The first-order valence-electron chi connectivity index (χ1n) is 5.29. The lowest BCUT2D eigenvalue weighted by Gasteiger charge is -1.93. The van der Waals surface area contributed by atoms with Crippen molar-refractivity contribution in [3.63, 3.8) is 0 Å². The van der Waals surface area contributed by atoms with E-state index in [1.807, 2.05) is 19.4 Å². The van der Waals surface area contributed by atoms with Crippen molar-refractivity contribution in [3.05, 3.63) is 16.2 Å². The zero-order valence-electron chi connectivity index (χ0n) is 9.47. The fraction of sp³-hybridized carbons (Fsp3) is 0.500. The first kappa shape index (κ1) is 11.2. The summed E-state index contributed by atoms with van der Waals surface area (Å²) < 4.78 is 1.78. The molecule has 0 fully saturated rings. The van der Waals surface area contributed by atoms with Gasteiger partial charge in [-0.3, -0.25) is 0 Å². The van der Waals surface area contributed by atoms with Crippen LogP contribution in [-0.2, 0) is 19.9 Å². The van der Waals surface area contributed by atoms with Crippen LogP contribution in [0.15, 0.2) is 5.38 Å². The summed E-state index contributed by atoms with van der Waals surface area (Å²) in [6, 6.07) is 0. The van der Waals surface area contributed by atoms with Gasteiger partial charge >= 0.3 is 0 Å². The first-order valence-corrected chi connectivity index (χ1v) is 6.17. The molecule has 2 aromatic heterocycles. The molecule has 0 atom stereocenters. The van der Waals surface area contributed by atoms with Crippen LogP contribution < -0.4 is 5.73 Å². The zero-order chi connectivity index (χ0) is 11.5. The van der Waals surface area contributed by atoms with Crippen molar-refractivity contribution in [3.8, 4) is 11.5 Å². The van der Waals surface area contributed by atoms with Crippen LogP contribution in [0.3, 0.4) is 0 Å². The molecule has 0 saturated carbocycles. The second-order valence-electron chi connectivity index (χ2n) is 3.49. The van der Waals surface area contributed by atoms with E-state index >= 15 is 0 Å². The van der Waals surface area contributed by atoms with Gasteiger partial charge in [0.1, 0.15) is 5.69 Å². The molecule has 2 heterocycles. The van der Waals surface area contributed by atoms with E-state index in [2.05, 4.69) is 15.1 Å². The maximum absolute atomic E-state index is 5.50. The van der Waals surface area contributed by atoms with Gasteiger partial charge in [0.05, 0.1) is 5.01 Å². The van der Waals surface area contributed by atoms with E-state index < -0.39 is 0 Å². The third-order valence-electron chi connectivity index (χ3n) is 2.26. The summed E-state index contributed by atoms with van der Waals surface area (Å²) in [4.78, 5) is 8.93. The van der Waals surface area contributed by atoms with E-state index in [0.717, 1.165) is 35.2 Å². The van der Waals surface area contributed by atoms with Gasteiger partial charge in [0.2, 0.25) is 0 Å². The molecule has 86 valence electrons. The zero-order valence-corrected chi connectivity index (χ0v) is 10.3. The highest BCUT2D eigenvalue weighted by Crippen LogP contribution is 2.20. The van der Waals surface area contributed by atoms with Crippen molar-refractivity contribution in [2.24, 2.45) is 12.8 Å². The van der Waals surface area contributed by atoms with Crippen LogP contribution in [0.4, 0.5) is 0 Å². The molecule has 2 rings (SSSR count). The van der Waals surface area contributed by atoms with E-state index in [0.29, 0.717) is 6.54 Å². The molecular formula is C10H15N5S. The Hall–Kier alpha value is -1.27. The third-order valence-corrected chi connectivity index (χ3v) is 3.17. The number of thiazole rings is 1. The fourth-order valence-electron chi connectivity index (χ4n) is 1.46. The molecule has 5 nitrogen and oxygen atoms in total. The molecule has 0 saturated heterocycles. The number of nitrogens with two attached hydrogens (primary N) is 1. The van der Waals surface area contributed by atoms with Gasteiger partial charge in [-0.2, -0.15) is 5.10 Å². The smallest absolute Gasteiger partial charge is 0.177 e. The summed E-state index contributed by atoms with van der Waals surface area (Å²) in [5.74, 6) is 1.68. The van der Waals surface area contributed by atoms with E-state index in [4.69, 9.17) is 5.73 Å². The second-order valence-corrected chi connectivity index (χ2v) is 4.44. The fourth-order valence-corrected chi connectivity index (χ4v) is 2.25. The average Bonchev–Trinajstić information content (AvgIpc) is 2.85. The highest BCUT2D eigenvalue weighted by molar-refractivity contribution is 7.09. The largest absolute Gasteiger partial charge is 0.330 e. The Labute approximate surface area is 98.3 Å². The normalized spacial score (nSPS) is 10.9. The van der Waals surface area contributed by atoms with E-state index in [9.17, 15) is 0 Å². The van der Waals surface area contributed by atoms with Crippen LogP contribution in [-0.4, -0.2) is 26.3 Å². The van der Waals surface area contributed by atoms with Crippen molar-refractivity contribution in [2.45, 2.75) is 19.8 Å². The summed E-state index contributed by atoms with van der Waals surface area (Å²) >= 11 is 1.62. The van der Waals surface area contributed by atoms with Gasteiger partial charge in [0.25, 0.3) is 0 Å². The minimum absolute atomic E-state index is 0.631. The first-order chi connectivity index (χ1) is 7.74. The molecule has 2 aromatic rings. The monoisotopic (exact) mass is 237 g/mol. The standard InChI is InChI=1S/C10H15N5S/c1-3-8-13-10(15(2)14-8)7-6-16-9(12-7)4-5-11/h6H,3-5,11H2,1-2H3. The van der Waals surface area contributed by atoms with Crippen molar-refractivity contribution >= 4 is 11.3 Å². The van der Waals surface area contributed by atoms with Gasteiger partial charge in [-0.1, -0.05) is 6.92 Å². The molecule has 0 radical (unpaired) electrons. The molecule has 0 spiro atoms. The Kier molecular flexibility index (Phi) is 3.31. The molecule has 16 heavy (non-hydrogen) atoms. The molecule has 0 aliphatic carbocycles. The Morgan fingerprint density at radius 1 is 1.44 bits per heavy atom. The molecular weight excluding hydrogens is 222 g/mol. The lowest BCUT2D eigenvalue weighted by molar-refractivity contribution is 0.751. The van der Waals surface area contributed by atoms with E-state index in [-0.39, 0.29) is 0 Å². The third kappa shape index (κ3) is 2.12. The van der Waals surface area contributed by atoms with E-state index in [1.165, 1.54) is 0 Å². The lowest BCUT2D eigenvalue weighted by Crippen LogP contribution is -2.02. The Bertz CT molecular complexity index is 473. The van der Waals surface area contributed by atoms with Gasteiger partial charge in [0, 0.05) is 25.3 Å². The average molecular weight is 237 g/mol. The van der Waals surface area contributed by atoms with Gasteiger partial charge in [0.15, 0.2) is 11.6 Å². The molecule has 0 bridgehead atoms. The van der Waals surface area contributed by atoms with Gasteiger partial charge in [-0.25, -0.2) is 14.6 Å².